The van der Waals surface area contributed by atoms with Crippen LogP contribution in [0, 0.1) is 5.82 Å². The first kappa shape index (κ1) is 20.0. The third kappa shape index (κ3) is 5.18. The molecule has 0 bridgehead atoms. The second-order valence-corrected chi connectivity index (χ2v) is 7.07. The predicted octanol–water partition coefficient (Wildman–Crippen LogP) is 1.90. The van der Waals surface area contributed by atoms with Gasteiger partial charge in [0.05, 0.1) is 6.54 Å². The average Bonchev–Trinajstić information content (AvgIpc) is 3.24. The molecule has 1 amide bonds. The van der Waals surface area contributed by atoms with Gasteiger partial charge in [-0.1, -0.05) is 12.1 Å². The summed E-state index contributed by atoms with van der Waals surface area (Å²) in [5.41, 5.74) is 1.08. The van der Waals surface area contributed by atoms with Crippen LogP contribution in [0.3, 0.4) is 0 Å². The average molecular weight is 410 g/mol. The Bertz CT molecular complexity index is 972. The Balaban J connectivity index is 1.22. The maximum Gasteiger partial charge on any atom is 0.273 e. The molecule has 1 aliphatic heterocycles. The number of nitrogens with zero attached hydrogens (tertiary/aromatic N) is 5. The topological polar surface area (TPSA) is 87.4 Å². The third-order valence-corrected chi connectivity index (χ3v) is 4.94. The van der Waals surface area contributed by atoms with E-state index in [1.54, 1.807) is 24.5 Å². The van der Waals surface area contributed by atoms with Crippen LogP contribution < -0.4 is 10.2 Å². The Labute approximate surface area is 173 Å². The van der Waals surface area contributed by atoms with Crippen molar-refractivity contribution < 1.29 is 13.6 Å². The zero-order chi connectivity index (χ0) is 20.8. The van der Waals surface area contributed by atoms with Gasteiger partial charge in [-0.2, -0.15) is 0 Å². The molecule has 156 valence electrons. The van der Waals surface area contributed by atoms with Crippen molar-refractivity contribution in [2.75, 3.05) is 37.6 Å². The lowest BCUT2D eigenvalue weighted by atomic mass is 10.1. The molecule has 30 heavy (non-hydrogen) atoms. The van der Waals surface area contributed by atoms with Gasteiger partial charge in [0.25, 0.3) is 5.91 Å². The van der Waals surface area contributed by atoms with Gasteiger partial charge in [-0.25, -0.2) is 19.3 Å². The van der Waals surface area contributed by atoms with Crippen molar-refractivity contribution in [2.45, 2.75) is 13.0 Å². The van der Waals surface area contributed by atoms with Gasteiger partial charge in [-0.15, -0.1) is 0 Å². The Morgan fingerprint density at radius 1 is 1.13 bits per heavy atom. The Morgan fingerprint density at radius 2 is 1.93 bits per heavy atom. The molecule has 3 heterocycles. The van der Waals surface area contributed by atoms with Crippen LogP contribution in [0.25, 0.3) is 0 Å². The highest BCUT2D eigenvalue weighted by molar-refractivity contribution is 5.91. The molecule has 0 radical (unpaired) electrons. The molecule has 1 aromatic carbocycles. The van der Waals surface area contributed by atoms with E-state index in [1.807, 2.05) is 6.07 Å². The minimum absolute atomic E-state index is 0.251. The highest BCUT2D eigenvalue weighted by Crippen LogP contribution is 2.12. The molecule has 1 aliphatic rings. The highest BCUT2D eigenvalue weighted by atomic mass is 19.1. The van der Waals surface area contributed by atoms with Gasteiger partial charge in [-0.05, 0) is 30.2 Å². The van der Waals surface area contributed by atoms with Crippen LogP contribution in [0.15, 0.2) is 53.4 Å². The molecule has 9 heteroatoms. The summed E-state index contributed by atoms with van der Waals surface area (Å²) in [6.45, 7) is 4.23. The fourth-order valence-corrected chi connectivity index (χ4v) is 3.34. The smallest absolute Gasteiger partial charge is 0.273 e. The number of hydrogen-bond acceptors (Lipinski definition) is 7. The van der Waals surface area contributed by atoms with E-state index in [4.69, 9.17) is 4.42 Å². The second kappa shape index (κ2) is 9.45. The maximum atomic E-state index is 13.2. The largest absolute Gasteiger partial charge is 0.447 e. The van der Waals surface area contributed by atoms with E-state index in [9.17, 15) is 9.18 Å². The molecule has 0 spiro atoms. The monoisotopic (exact) mass is 410 g/mol. The van der Waals surface area contributed by atoms with Crippen LogP contribution in [-0.2, 0) is 13.0 Å². The van der Waals surface area contributed by atoms with Crippen LogP contribution in [-0.4, -0.2) is 58.5 Å². The van der Waals surface area contributed by atoms with Gasteiger partial charge in [-0.3, -0.25) is 9.69 Å². The Hall–Kier alpha value is -3.33. The number of piperazine rings is 1. The van der Waals surface area contributed by atoms with E-state index < -0.39 is 0 Å². The maximum absolute atomic E-state index is 13.2. The zero-order valence-corrected chi connectivity index (χ0v) is 16.5. The Kier molecular flexibility index (Phi) is 6.29. The van der Waals surface area contributed by atoms with E-state index in [1.165, 1.54) is 18.4 Å². The van der Waals surface area contributed by atoms with Gasteiger partial charge in [0.15, 0.2) is 5.69 Å². The number of halogens is 1. The summed E-state index contributed by atoms with van der Waals surface area (Å²) < 4.78 is 18.7. The summed E-state index contributed by atoms with van der Waals surface area (Å²) in [6, 6.07) is 8.14. The van der Waals surface area contributed by atoms with E-state index in [0.29, 0.717) is 25.4 Å². The summed E-state index contributed by atoms with van der Waals surface area (Å²) in [7, 11) is 0. The van der Waals surface area contributed by atoms with Crippen LogP contribution in [0.5, 0.6) is 0 Å². The normalized spacial score (nSPS) is 14.6. The second-order valence-electron chi connectivity index (χ2n) is 7.07. The standard InChI is InChI=1S/C21H23FN6O2/c22-17-4-1-3-16(13-17)5-8-23-20(29)18-15-30-19(26-18)14-27-9-11-28(12-10-27)21-24-6-2-7-25-21/h1-4,6-7,13,15H,5,8-12,14H2,(H,23,29). The number of nitrogens with one attached hydrogen (secondary N) is 1. The number of carbonyl (C=O) groups excluding carboxylic acids is 1. The number of benzene rings is 1. The predicted molar refractivity (Wildman–Crippen MR) is 108 cm³/mol. The molecule has 1 fully saturated rings. The first-order valence-corrected chi connectivity index (χ1v) is 9.89. The fourth-order valence-electron chi connectivity index (χ4n) is 3.34. The molecule has 2 aromatic heterocycles. The zero-order valence-electron chi connectivity index (χ0n) is 16.5. The summed E-state index contributed by atoms with van der Waals surface area (Å²) in [4.78, 5) is 29.5. The minimum atomic E-state index is -0.299. The molecule has 1 saturated heterocycles. The number of aromatic nitrogens is 3. The molecule has 0 saturated carbocycles. The SMILES string of the molecule is O=C(NCCc1cccc(F)c1)c1coc(CN2CCN(c3ncccn3)CC2)n1. The van der Waals surface area contributed by atoms with E-state index in [0.717, 1.165) is 37.7 Å². The van der Waals surface area contributed by atoms with Crippen LogP contribution >= 0.6 is 0 Å². The molecule has 8 nitrogen and oxygen atoms in total. The van der Waals surface area contributed by atoms with E-state index >= 15 is 0 Å². The summed E-state index contributed by atoms with van der Waals surface area (Å²) in [5, 5.41) is 2.79. The van der Waals surface area contributed by atoms with Crippen molar-refractivity contribution in [2.24, 2.45) is 0 Å². The van der Waals surface area contributed by atoms with Crippen LogP contribution in [0.2, 0.25) is 0 Å². The molecule has 0 atom stereocenters. The van der Waals surface area contributed by atoms with Crippen molar-refractivity contribution >= 4 is 11.9 Å². The number of amides is 1. The molecular formula is C21H23FN6O2. The number of rotatable bonds is 7. The Morgan fingerprint density at radius 3 is 2.70 bits per heavy atom. The fraction of sp³-hybridized carbons (Fsp3) is 0.333. The lowest BCUT2D eigenvalue weighted by Gasteiger charge is -2.33. The highest BCUT2D eigenvalue weighted by Gasteiger charge is 2.21. The van der Waals surface area contributed by atoms with Gasteiger partial charge in [0.2, 0.25) is 11.8 Å². The third-order valence-electron chi connectivity index (χ3n) is 4.94. The van der Waals surface area contributed by atoms with Crippen molar-refractivity contribution in [3.63, 3.8) is 0 Å². The van der Waals surface area contributed by atoms with E-state index in [2.05, 4.69) is 30.1 Å². The molecule has 3 aromatic rings. The van der Waals surface area contributed by atoms with Gasteiger partial charge in [0.1, 0.15) is 12.1 Å². The molecular weight excluding hydrogens is 387 g/mol. The van der Waals surface area contributed by atoms with Gasteiger partial charge < -0.3 is 14.6 Å². The van der Waals surface area contributed by atoms with Gasteiger partial charge >= 0.3 is 0 Å². The molecule has 0 aliphatic carbocycles. The van der Waals surface area contributed by atoms with Crippen molar-refractivity contribution in [1.82, 2.24) is 25.2 Å². The quantitative estimate of drug-likeness (QED) is 0.637. The minimum Gasteiger partial charge on any atom is -0.447 e. The number of oxazole rings is 1. The number of hydrogen-bond donors (Lipinski definition) is 1. The van der Waals surface area contributed by atoms with Crippen molar-refractivity contribution in [1.29, 1.82) is 0 Å². The molecule has 4 rings (SSSR count). The summed E-state index contributed by atoms with van der Waals surface area (Å²) in [6.07, 6.45) is 5.41. The first-order valence-electron chi connectivity index (χ1n) is 9.89. The van der Waals surface area contributed by atoms with Crippen LogP contribution in [0.1, 0.15) is 21.9 Å². The van der Waals surface area contributed by atoms with Gasteiger partial charge in [0, 0.05) is 45.1 Å². The molecule has 0 unspecified atom stereocenters. The lowest BCUT2D eigenvalue weighted by Crippen LogP contribution is -2.46. The van der Waals surface area contributed by atoms with Crippen molar-refractivity contribution in [3.05, 3.63) is 72.0 Å². The molecule has 1 N–H and O–H groups in total. The number of anilines is 1. The van der Waals surface area contributed by atoms with Crippen molar-refractivity contribution in [3.8, 4) is 0 Å². The summed E-state index contributed by atoms with van der Waals surface area (Å²) >= 11 is 0. The van der Waals surface area contributed by atoms with E-state index in [-0.39, 0.29) is 17.4 Å². The number of carbonyl (C=O) groups is 1. The van der Waals surface area contributed by atoms with Crippen LogP contribution in [0.4, 0.5) is 10.3 Å². The first-order chi connectivity index (χ1) is 14.7. The lowest BCUT2D eigenvalue weighted by molar-refractivity contribution is 0.0949. The summed E-state index contributed by atoms with van der Waals surface area (Å²) in [5.74, 6) is 0.671.